The van der Waals surface area contributed by atoms with Crippen LogP contribution in [0.25, 0.3) is 17.0 Å². The third kappa shape index (κ3) is 3.96. The van der Waals surface area contributed by atoms with E-state index in [1.54, 1.807) is 36.4 Å². The zero-order chi connectivity index (χ0) is 27.7. The summed E-state index contributed by atoms with van der Waals surface area (Å²) in [5.74, 6) is -0.964. The summed E-state index contributed by atoms with van der Waals surface area (Å²) < 4.78 is 40.8. The second-order valence-corrected chi connectivity index (χ2v) is 8.96. The summed E-state index contributed by atoms with van der Waals surface area (Å²) in [6, 6.07) is 12.7. The predicted octanol–water partition coefficient (Wildman–Crippen LogP) is 4.34. The fraction of sp³-hybridized carbons (Fsp3) is 0.222. The molecule has 1 saturated heterocycles. The fourth-order valence-electron chi connectivity index (χ4n) is 4.41. The van der Waals surface area contributed by atoms with Gasteiger partial charge in [-0.3, -0.25) is 4.90 Å². The number of phenolic OH excluding ortho intramolecular Hbond substituents is 3. The quantitative estimate of drug-likeness (QED) is 0.392. The van der Waals surface area contributed by atoms with Gasteiger partial charge in [0.1, 0.15) is 22.8 Å². The Kier molecular flexibility index (Phi) is 4.31. The number of fused-ring (bicyclic) bond motifs is 4. The minimum absolute atomic E-state index is 0.0129. The van der Waals surface area contributed by atoms with Gasteiger partial charge < -0.3 is 24.6 Å². The van der Waals surface area contributed by atoms with Crippen molar-refractivity contribution in [1.29, 1.82) is 0 Å². The maximum Gasteiger partial charge on any atom is 0.169 e. The van der Waals surface area contributed by atoms with E-state index >= 15 is 0 Å². The lowest BCUT2D eigenvalue weighted by molar-refractivity contribution is 0.200. The third-order valence-electron chi connectivity index (χ3n) is 6.25. The number of furan rings is 1. The molecule has 4 aromatic rings. The normalized spacial score (nSPS) is 20.6. The predicted molar refractivity (Wildman–Crippen MR) is 131 cm³/mol. The molecule has 0 saturated carbocycles. The first-order chi connectivity index (χ1) is 18.4. The Morgan fingerprint density at radius 2 is 1.91 bits per heavy atom. The van der Waals surface area contributed by atoms with Crippen LogP contribution in [0.5, 0.6) is 23.0 Å². The van der Waals surface area contributed by atoms with E-state index in [0.717, 1.165) is 10.5 Å². The third-order valence-corrected chi connectivity index (χ3v) is 6.48. The van der Waals surface area contributed by atoms with E-state index in [-0.39, 0.29) is 57.4 Å². The van der Waals surface area contributed by atoms with Gasteiger partial charge in [0.05, 0.1) is 10.9 Å². The SMILES string of the molecule is [2H]C1([2H])CC(c2cccc(Cl)c2)CC([2H])([2H])N1Cc1c(O)cc2oc3c(c2c1O)=NOc1cc(O)ccc1C=3. The minimum Gasteiger partial charge on any atom is -0.508 e. The van der Waals surface area contributed by atoms with Crippen LogP contribution in [0.15, 0.2) is 58.1 Å². The van der Waals surface area contributed by atoms with Gasteiger partial charge in [0, 0.05) is 34.7 Å². The molecule has 6 rings (SSSR count). The molecule has 2 aliphatic heterocycles. The van der Waals surface area contributed by atoms with Crippen LogP contribution in [0, 0.1) is 0 Å². The van der Waals surface area contributed by atoms with E-state index in [1.807, 2.05) is 0 Å². The number of hydrogen-bond acceptors (Lipinski definition) is 7. The smallest absolute Gasteiger partial charge is 0.169 e. The number of piperidine rings is 1. The van der Waals surface area contributed by atoms with Crippen LogP contribution in [0.2, 0.25) is 5.02 Å². The molecular weight excluding hydrogens is 468 g/mol. The standard InChI is InChI=1S/C27H23ClN2O5/c28-18-3-1-2-16(10-18)15-6-8-30(9-7-15)14-20-21(32)13-23-25(27(20)33)26-24(34-23)11-17-4-5-19(31)12-22(17)35-29-26/h1-5,10-13,15,31-33H,6-9,14H2/i8D2,9D2. The van der Waals surface area contributed by atoms with Gasteiger partial charge in [0.25, 0.3) is 0 Å². The van der Waals surface area contributed by atoms with E-state index in [9.17, 15) is 15.3 Å². The van der Waals surface area contributed by atoms with Crippen LogP contribution >= 0.6 is 11.6 Å². The number of aromatic hydroxyl groups is 3. The molecule has 3 aromatic carbocycles. The van der Waals surface area contributed by atoms with Crippen molar-refractivity contribution in [3.63, 3.8) is 0 Å². The number of benzene rings is 3. The number of rotatable bonds is 3. The Hall–Kier alpha value is -3.68. The average Bonchev–Trinajstić information content (AvgIpc) is 3.09. The van der Waals surface area contributed by atoms with E-state index in [1.165, 1.54) is 18.2 Å². The molecule has 3 heterocycles. The van der Waals surface area contributed by atoms with Gasteiger partial charge in [-0.05, 0) is 67.7 Å². The highest BCUT2D eigenvalue weighted by Crippen LogP contribution is 2.37. The maximum atomic E-state index is 11.3. The Morgan fingerprint density at radius 3 is 2.71 bits per heavy atom. The lowest BCUT2D eigenvalue weighted by Crippen LogP contribution is -2.32. The van der Waals surface area contributed by atoms with Gasteiger partial charge in [-0.1, -0.05) is 28.9 Å². The Bertz CT molecular complexity index is 1740. The van der Waals surface area contributed by atoms with Gasteiger partial charge in [-0.15, -0.1) is 0 Å². The Morgan fingerprint density at radius 1 is 1.09 bits per heavy atom. The van der Waals surface area contributed by atoms with Gasteiger partial charge in [0.15, 0.2) is 16.5 Å². The molecular formula is C27H23ClN2O5. The second kappa shape index (κ2) is 8.52. The molecule has 0 bridgehead atoms. The molecule has 35 heavy (non-hydrogen) atoms. The number of hydrogen-bond donors (Lipinski definition) is 3. The van der Waals surface area contributed by atoms with Crippen molar-refractivity contribution in [2.24, 2.45) is 5.16 Å². The summed E-state index contributed by atoms with van der Waals surface area (Å²) in [6.45, 7) is -4.67. The zero-order valence-corrected chi connectivity index (χ0v) is 19.1. The van der Waals surface area contributed by atoms with Crippen molar-refractivity contribution in [2.45, 2.75) is 25.3 Å². The zero-order valence-electron chi connectivity index (χ0n) is 22.3. The molecule has 178 valence electrons. The van der Waals surface area contributed by atoms with Gasteiger partial charge in [-0.2, -0.15) is 0 Å². The molecule has 0 atom stereocenters. The van der Waals surface area contributed by atoms with Crippen LogP contribution in [0.3, 0.4) is 0 Å². The van der Waals surface area contributed by atoms with E-state index in [0.29, 0.717) is 10.6 Å². The highest BCUT2D eigenvalue weighted by molar-refractivity contribution is 6.30. The first-order valence-electron chi connectivity index (χ1n) is 13.0. The molecule has 1 aromatic heterocycles. The van der Waals surface area contributed by atoms with E-state index in [2.05, 4.69) is 5.16 Å². The van der Waals surface area contributed by atoms with Crippen molar-refractivity contribution < 1.29 is 30.1 Å². The lowest BCUT2D eigenvalue weighted by atomic mass is 9.89. The average molecular weight is 495 g/mol. The highest BCUT2D eigenvalue weighted by Gasteiger charge is 2.25. The first kappa shape index (κ1) is 17.7. The van der Waals surface area contributed by atoms with E-state index in [4.69, 9.17) is 26.3 Å². The molecule has 2 aliphatic rings. The van der Waals surface area contributed by atoms with Gasteiger partial charge in [0.2, 0.25) is 0 Å². The Labute approximate surface area is 211 Å². The molecule has 8 heteroatoms. The van der Waals surface area contributed by atoms with Crippen molar-refractivity contribution in [1.82, 2.24) is 4.90 Å². The summed E-state index contributed by atoms with van der Waals surface area (Å²) in [6.07, 6.45) is 1.59. The largest absolute Gasteiger partial charge is 0.508 e. The van der Waals surface area contributed by atoms with Crippen LogP contribution in [0.4, 0.5) is 0 Å². The minimum atomic E-state index is -2.12. The van der Waals surface area contributed by atoms with Crippen LogP contribution < -0.4 is 15.6 Å². The van der Waals surface area contributed by atoms with Gasteiger partial charge in [-0.25, -0.2) is 0 Å². The molecule has 7 nitrogen and oxygen atoms in total. The molecule has 0 radical (unpaired) electrons. The summed E-state index contributed by atoms with van der Waals surface area (Å²) in [5, 5.41) is 36.7. The molecule has 0 amide bonds. The highest BCUT2D eigenvalue weighted by atomic mass is 35.5. The summed E-state index contributed by atoms with van der Waals surface area (Å²) in [5.41, 5.74) is 1.61. The number of halogens is 1. The van der Waals surface area contributed by atoms with Crippen molar-refractivity contribution in [3.05, 3.63) is 81.0 Å². The van der Waals surface area contributed by atoms with Crippen LogP contribution in [-0.2, 0) is 6.54 Å². The van der Waals surface area contributed by atoms with Crippen LogP contribution in [-0.4, -0.2) is 33.2 Å². The molecule has 1 fully saturated rings. The number of phenols is 3. The molecule has 3 N–H and O–H groups in total. The monoisotopic (exact) mass is 494 g/mol. The van der Waals surface area contributed by atoms with Crippen LogP contribution in [0.1, 0.15) is 40.9 Å². The number of likely N-dealkylation sites (tertiary alicyclic amines) is 1. The first-order valence-corrected chi connectivity index (χ1v) is 11.4. The topological polar surface area (TPSA) is 98.7 Å². The van der Waals surface area contributed by atoms with Crippen molar-refractivity contribution >= 4 is 28.6 Å². The summed E-state index contributed by atoms with van der Waals surface area (Å²) >= 11 is 6.12. The maximum absolute atomic E-state index is 11.3. The fourth-order valence-corrected chi connectivity index (χ4v) is 4.61. The second-order valence-electron chi connectivity index (χ2n) is 8.52. The summed E-state index contributed by atoms with van der Waals surface area (Å²) in [4.78, 5) is 6.50. The van der Waals surface area contributed by atoms with Crippen molar-refractivity contribution in [2.75, 3.05) is 13.0 Å². The molecule has 0 unspecified atom stereocenters. The van der Waals surface area contributed by atoms with E-state index < -0.39 is 31.2 Å². The number of nitrogens with zero attached hydrogens (tertiary/aromatic N) is 2. The van der Waals surface area contributed by atoms with Gasteiger partial charge >= 0.3 is 0 Å². The van der Waals surface area contributed by atoms with Crippen molar-refractivity contribution in [3.8, 4) is 23.0 Å². The Balaban J connectivity index is 1.40. The molecule has 0 aliphatic carbocycles. The summed E-state index contributed by atoms with van der Waals surface area (Å²) in [7, 11) is 0. The molecule has 0 spiro atoms. The lowest BCUT2D eigenvalue weighted by Gasteiger charge is -2.32.